The maximum absolute atomic E-state index is 12.2. The molecule has 24 heavy (non-hydrogen) atoms. The highest BCUT2D eigenvalue weighted by atomic mass is 16.5. The largest absolute Gasteiger partial charge is 0.493 e. The van der Waals surface area contributed by atoms with Crippen molar-refractivity contribution in [2.75, 3.05) is 20.8 Å². The van der Waals surface area contributed by atoms with Crippen LogP contribution >= 0.6 is 0 Å². The molecular formula is C16H15N3O5. The maximum Gasteiger partial charge on any atom is 0.374 e. The number of H-pyrrole nitrogens is 1. The molecule has 0 saturated carbocycles. The minimum Gasteiger partial charge on any atom is -0.493 e. The minimum atomic E-state index is -0.712. The highest BCUT2D eigenvalue weighted by Gasteiger charge is 2.16. The predicted octanol–water partition coefficient (Wildman–Crippen LogP) is 1.67. The Balaban J connectivity index is 2.31. The van der Waals surface area contributed by atoms with E-state index in [4.69, 9.17) is 14.2 Å². The zero-order valence-corrected chi connectivity index (χ0v) is 13.4. The first-order chi connectivity index (χ1) is 11.6. The Hall–Kier alpha value is -3.16. The average Bonchev–Trinajstić information content (AvgIpc) is 2.59. The molecule has 3 aromatic rings. The third-order valence-electron chi connectivity index (χ3n) is 3.47. The molecule has 2 heterocycles. The number of hydrogen-bond acceptors (Lipinski definition) is 7. The van der Waals surface area contributed by atoms with Crippen molar-refractivity contribution in [2.45, 2.75) is 6.92 Å². The van der Waals surface area contributed by atoms with Gasteiger partial charge in [0.25, 0.3) is 5.56 Å². The van der Waals surface area contributed by atoms with Crippen LogP contribution in [0.5, 0.6) is 11.5 Å². The number of ether oxygens (including phenoxy) is 3. The monoisotopic (exact) mass is 329 g/mol. The van der Waals surface area contributed by atoms with Crippen LogP contribution in [-0.4, -0.2) is 41.7 Å². The fraction of sp³-hybridized carbons (Fsp3) is 0.250. The number of nitrogens with one attached hydrogen (secondary N) is 1. The Morgan fingerprint density at radius 3 is 2.67 bits per heavy atom. The van der Waals surface area contributed by atoms with Gasteiger partial charge in [-0.3, -0.25) is 4.79 Å². The number of rotatable bonds is 4. The number of esters is 1. The predicted molar refractivity (Wildman–Crippen MR) is 86.7 cm³/mol. The summed E-state index contributed by atoms with van der Waals surface area (Å²) in [7, 11) is 3.02. The van der Waals surface area contributed by atoms with Crippen molar-refractivity contribution in [3.8, 4) is 11.5 Å². The Morgan fingerprint density at radius 2 is 2.00 bits per heavy atom. The summed E-state index contributed by atoms with van der Waals surface area (Å²) in [5, 5.41) is 0.958. The van der Waals surface area contributed by atoms with Crippen LogP contribution in [0, 0.1) is 0 Å². The molecule has 8 nitrogen and oxygen atoms in total. The van der Waals surface area contributed by atoms with Gasteiger partial charge in [0.1, 0.15) is 5.52 Å². The van der Waals surface area contributed by atoms with Crippen LogP contribution in [0.15, 0.2) is 23.0 Å². The summed E-state index contributed by atoms with van der Waals surface area (Å²) in [6.07, 6.45) is 0. The molecule has 0 aliphatic carbocycles. The van der Waals surface area contributed by atoms with E-state index in [1.807, 2.05) is 0 Å². The summed E-state index contributed by atoms with van der Waals surface area (Å²) in [5.41, 5.74) is 0.144. The second-order valence-electron chi connectivity index (χ2n) is 4.87. The molecule has 1 aromatic carbocycles. The molecule has 0 aliphatic heterocycles. The SMILES string of the molecule is CCOC(=O)c1nc2nc3c(OC)c(OC)ccc3cc2c(=O)[nH]1. The summed E-state index contributed by atoms with van der Waals surface area (Å²) in [4.78, 5) is 34.9. The molecule has 0 unspecified atom stereocenters. The highest BCUT2D eigenvalue weighted by Crippen LogP contribution is 2.34. The third-order valence-corrected chi connectivity index (χ3v) is 3.47. The number of methoxy groups -OCH3 is 2. The lowest BCUT2D eigenvalue weighted by Gasteiger charge is -2.10. The fourth-order valence-corrected chi connectivity index (χ4v) is 2.40. The molecule has 1 N–H and O–H groups in total. The highest BCUT2D eigenvalue weighted by molar-refractivity contribution is 5.96. The molecule has 0 bridgehead atoms. The zero-order valence-electron chi connectivity index (χ0n) is 13.4. The molecule has 8 heteroatoms. The first-order valence-electron chi connectivity index (χ1n) is 7.22. The van der Waals surface area contributed by atoms with Gasteiger partial charge in [-0.2, -0.15) is 0 Å². The van der Waals surface area contributed by atoms with Crippen molar-refractivity contribution in [3.05, 3.63) is 34.4 Å². The van der Waals surface area contributed by atoms with E-state index < -0.39 is 11.5 Å². The smallest absolute Gasteiger partial charge is 0.374 e. The van der Waals surface area contributed by atoms with Crippen molar-refractivity contribution in [1.29, 1.82) is 0 Å². The summed E-state index contributed by atoms with van der Waals surface area (Å²) >= 11 is 0. The summed E-state index contributed by atoms with van der Waals surface area (Å²) in [5.74, 6) is 0.0306. The third kappa shape index (κ3) is 2.51. The first-order valence-corrected chi connectivity index (χ1v) is 7.22. The van der Waals surface area contributed by atoms with Crippen molar-refractivity contribution >= 4 is 27.9 Å². The summed E-state index contributed by atoms with van der Waals surface area (Å²) < 4.78 is 15.5. The Kier molecular flexibility index (Phi) is 4.03. The number of carbonyl (C=O) groups is 1. The molecule has 0 atom stereocenters. The number of hydrogen-bond donors (Lipinski definition) is 1. The van der Waals surface area contributed by atoms with Gasteiger partial charge in [0.2, 0.25) is 5.82 Å². The van der Waals surface area contributed by atoms with E-state index in [9.17, 15) is 9.59 Å². The van der Waals surface area contributed by atoms with E-state index in [-0.39, 0.29) is 23.5 Å². The van der Waals surface area contributed by atoms with Gasteiger partial charge in [-0.1, -0.05) is 0 Å². The van der Waals surface area contributed by atoms with E-state index in [0.717, 1.165) is 0 Å². The van der Waals surface area contributed by atoms with E-state index in [1.54, 1.807) is 25.1 Å². The van der Waals surface area contributed by atoms with E-state index in [1.165, 1.54) is 14.2 Å². The summed E-state index contributed by atoms with van der Waals surface area (Å²) in [6.45, 7) is 1.84. The van der Waals surface area contributed by atoms with Gasteiger partial charge in [-0.25, -0.2) is 14.8 Å². The van der Waals surface area contributed by atoms with Crippen LogP contribution < -0.4 is 15.0 Å². The summed E-state index contributed by atoms with van der Waals surface area (Å²) in [6, 6.07) is 5.13. The minimum absolute atomic E-state index is 0.126. The second-order valence-corrected chi connectivity index (χ2v) is 4.87. The van der Waals surface area contributed by atoms with Crippen LogP contribution in [0.1, 0.15) is 17.5 Å². The number of aromatic nitrogens is 3. The van der Waals surface area contributed by atoms with E-state index >= 15 is 0 Å². The molecule has 0 saturated heterocycles. The van der Waals surface area contributed by atoms with Crippen LogP contribution in [0.4, 0.5) is 0 Å². The molecular weight excluding hydrogens is 314 g/mol. The van der Waals surface area contributed by atoms with Crippen molar-refractivity contribution in [3.63, 3.8) is 0 Å². The normalized spacial score (nSPS) is 10.8. The van der Waals surface area contributed by atoms with Crippen LogP contribution in [0.25, 0.3) is 21.9 Å². The molecule has 124 valence electrons. The van der Waals surface area contributed by atoms with Gasteiger partial charge in [-0.15, -0.1) is 0 Å². The lowest BCUT2D eigenvalue weighted by Crippen LogP contribution is -2.18. The number of pyridine rings is 1. The molecule has 3 rings (SSSR count). The van der Waals surface area contributed by atoms with Crippen LogP contribution in [0.2, 0.25) is 0 Å². The first kappa shape index (κ1) is 15.7. The Morgan fingerprint density at radius 1 is 1.21 bits per heavy atom. The lowest BCUT2D eigenvalue weighted by atomic mass is 10.1. The zero-order chi connectivity index (χ0) is 17.3. The Bertz CT molecular complexity index is 996. The van der Waals surface area contributed by atoms with Gasteiger partial charge in [-0.05, 0) is 25.1 Å². The van der Waals surface area contributed by atoms with E-state index in [0.29, 0.717) is 22.4 Å². The molecule has 0 amide bonds. The molecule has 0 spiro atoms. The van der Waals surface area contributed by atoms with Crippen molar-refractivity contribution in [1.82, 2.24) is 15.0 Å². The molecule has 2 aromatic heterocycles. The standard InChI is InChI=1S/C16H15N3O5/c1-4-24-16(21)14-18-13-9(15(20)19-14)7-8-5-6-10(22-2)12(23-3)11(8)17-13/h5-7H,4H2,1-3H3,(H,17,18,19,20). The average molecular weight is 329 g/mol. The van der Waals surface area contributed by atoms with Crippen molar-refractivity contribution < 1.29 is 19.0 Å². The number of carbonyl (C=O) groups excluding carboxylic acids is 1. The molecule has 0 fully saturated rings. The second kappa shape index (κ2) is 6.15. The number of aromatic amines is 1. The lowest BCUT2D eigenvalue weighted by molar-refractivity contribution is 0.0512. The maximum atomic E-state index is 12.2. The number of benzene rings is 1. The Labute approximate surface area is 136 Å². The topological polar surface area (TPSA) is 103 Å². The van der Waals surface area contributed by atoms with Crippen LogP contribution in [0.3, 0.4) is 0 Å². The van der Waals surface area contributed by atoms with Gasteiger partial charge in [0, 0.05) is 5.39 Å². The fourth-order valence-electron chi connectivity index (χ4n) is 2.40. The molecule has 0 aliphatic rings. The van der Waals surface area contributed by atoms with Gasteiger partial charge >= 0.3 is 5.97 Å². The van der Waals surface area contributed by atoms with Crippen molar-refractivity contribution in [2.24, 2.45) is 0 Å². The van der Waals surface area contributed by atoms with Gasteiger partial charge < -0.3 is 19.2 Å². The van der Waals surface area contributed by atoms with Crippen LogP contribution in [-0.2, 0) is 4.74 Å². The number of nitrogens with zero attached hydrogens (tertiary/aromatic N) is 2. The van der Waals surface area contributed by atoms with E-state index in [2.05, 4.69) is 15.0 Å². The quantitative estimate of drug-likeness (QED) is 0.573. The van der Waals surface area contributed by atoms with Gasteiger partial charge in [0.05, 0.1) is 26.2 Å². The molecule has 0 radical (unpaired) electrons. The number of fused-ring (bicyclic) bond motifs is 2. The van der Waals surface area contributed by atoms with Gasteiger partial charge in [0.15, 0.2) is 17.1 Å².